The number of nitrogens with zero attached hydrogens (tertiary/aromatic N) is 1. The monoisotopic (exact) mass is 244 g/mol. The van der Waals surface area contributed by atoms with Crippen LogP contribution in [0.4, 0.5) is 0 Å². The lowest BCUT2D eigenvalue weighted by Crippen LogP contribution is -2.55. The number of aliphatic carboxylic acids is 1. The molecule has 1 rings (SSSR count). The van der Waals surface area contributed by atoms with Crippen LogP contribution in [0.15, 0.2) is 0 Å². The number of rotatable bonds is 5. The Morgan fingerprint density at radius 2 is 2.29 bits per heavy atom. The van der Waals surface area contributed by atoms with Gasteiger partial charge in [0.1, 0.15) is 0 Å². The van der Waals surface area contributed by atoms with Crippen molar-refractivity contribution in [1.82, 2.24) is 10.2 Å². The number of hydrogen-bond donors (Lipinski definition) is 2. The Hall–Kier alpha value is -1.14. The van der Waals surface area contributed by atoms with E-state index in [9.17, 15) is 9.59 Å². The molecule has 1 saturated heterocycles. The highest BCUT2D eigenvalue weighted by atomic mass is 16.5. The van der Waals surface area contributed by atoms with Crippen molar-refractivity contribution in [3.63, 3.8) is 0 Å². The first-order chi connectivity index (χ1) is 8.06. The number of carbonyl (C=O) groups excluding carboxylic acids is 1. The lowest BCUT2D eigenvalue weighted by Gasteiger charge is -2.33. The minimum absolute atomic E-state index is 0.0738. The van der Waals surface area contributed by atoms with Gasteiger partial charge in [-0.05, 0) is 13.3 Å². The van der Waals surface area contributed by atoms with Gasteiger partial charge >= 0.3 is 5.97 Å². The number of carbonyl (C=O) groups is 2. The van der Waals surface area contributed by atoms with Crippen LogP contribution in [-0.4, -0.2) is 60.3 Å². The molecule has 2 atom stereocenters. The number of ether oxygens (including phenoxy) is 1. The maximum Gasteiger partial charge on any atom is 0.328 e. The first-order valence-corrected chi connectivity index (χ1v) is 5.89. The zero-order valence-corrected chi connectivity index (χ0v) is 10.3. The van der Waals surface area contributed by atoms with Crippen molar-refractivity contribution < 1.29 is 19.4 Å². The molecule has 17 heavy (non-hydrogen) atoms. The fourth-order valence-corrected chi connectivity index (χ4v) is 1.61. The highest BCUT2D eigenvalue weighted by Crippen LogP contribution is 2.07. The Kier molecular flexibility index (Phi) is 5.37. The summed E-state index contributed by atoms with van der Waals surface area (Å²) in [5, 5.41) is 12.1. The largest absolute Gasteiger partial charge is 0.480 e. The van der Waals surface area contributed by atoms with Gasteiger partial charge in [-0.1, -0.05) is 6.92 Å². The van der Waals surface area contributed by atoms with Crippen molar-refractivity contribution in [3.8, 4) is 0 Å². The molecule has 1 heterocycles. The Bertz CT molecular complexity index is 283. The number of carboxylic acids is 1. The third-order valence-corrected chi connectivity index (χ3v) is 2.95. The lowest BCUT2D eigenvalue weighted by atomic mass is 10.2. The van der Waals surface area contributed by atoms with Crippen molar-refractivity contribution in [2.24, 2.45) is 0 Å². The summed E-state index contributed by atoms with van der Waals surface area (Å²) in [7, 11) is 0. The molecule has 0 bridgehead atoms. The molecule has 0 aromatic heterocycles. The van der Waals surface area contributed by atoms with E-state index < -0.39 is 12.0 Å². The number of morpholine rings is 1. The molecule has 0 saturated carbocycles. The molecule has 2 N–H and O–H groups in total. The number of nitrogens with one attached hydrogen (secondary N) is 1. The maximum absolute atomic E-state index is 11.9. The average molecular weight is 244 g/mol. The summed E-state index contributed by atoms with van der Waals surface area (Å²) >= 11 is 0. The summed E-state index contributed by atoms with van der Waals surface area (Å²) in [6, 6.07) is -0.599. The van der Waals surface area contributed by atoms with Crippen LogP contribution in [0.1, 0.15) is 20.3 Å². The van der Waals surface area contributed by atoms with Gasteiger partial charge in [-0.2, -0.15) is 0 Å². The van der Waals surface area contributed by atoms with E-state index in [1.807, 2.05) is 13.8 Å². The Morgan fingerprint density at radius 3 is 2.88 bits per heavy atom. The third kappa shape index (κ3) is 3.98. The summed E-state index contributed by atoms with van der Waals surface area (Å²) in [6.45, 7) is 5.01. The smallest absolute Gasteiger partial charge is 0.328 e. The van der Waals surface area contributed by atoms with E-state index in [4.69, 9.17) is 9.84 Å². The average Bonchev–Trinajstić information content (AvgIpc) is 2.35. The molecule has 0 aromatic rings. The summed E-state index contributed by atoms with van der Waals surface area (Å²) in [5.41, 5.74) is 0. The van der Waals surface area contributed by atoms with E-state index in [-0.39, 0.29) is 25.1 Å². The standard InChI is InChI=1S/C11H20N2O4/c1-3-8(2)12-6-10(14)13-4-5-17-7-9(13)11(15)16/h8-9,12H,3-7H2,1-2H3,(H,15,16). The normalized spacial score (nSPS) is 22.2. The van der Waals surface area contributed by atoms with Crippen LogP contribution in [0, 0.1) is 0 Å². The van der Waals surface area contributed by atoms with E-state index in [1.165, 1.54) is 4.90 Å². The highest BCUT2D eigenvalue weighted by molar-refractivity contribution is 5.85. The first kappa shape index (κ1) is 13.9. The fraction of sp³-hybridized carbons (Fsp3) is 0.818. The second-order valence-electron chi connectivity index (χ2n) is 4.21. The lowest BCUT2D eigenvalue weighted by molar-refractivity contribution is -0.157. The third-order valence-electron chi connectivity index (χ3n) is 2.95. The van der Waals surface area contributed by atoms with Crippen LogP contribution < -0.4 is 5.32 Å². The minimum atomic E-state index is -1.01. The number of amides is 1. The minimum Gasteiger partial charge on any atom is -0.480 e. The van der Waals surface area contributed by atoms with Gasteiger partial charge < -0.3 is 20.1 Å². The summed E-state index contributed by atoms with van der Waals surface area (Å²) in [5.74, 6) is -1.19. The van der Waals surface area contributed by atoms with Crippen molar-refractivity contribution >= 4 is 11.9 Å². The van der Waals surface area contributed by atoms with Crippen molar-refractivity contribution in [2.45, 2.75) is 32.4 Å². The molecule has 0 radical (unpaired) electrons. The van der Waals surface area contributed by atoms with E-state index in [0.717, 1.165) is 6.42 Å². The van der Waals surface area contributed by atoms with Gasteiger partial charge in [0.05, 0.1) is 19.8 Å². The van der Waals surface area contributed by atoms with Crippen molar-refractivity contribution in [3.05, 3.63) is 0 Å². The number of carboxylic acid groups (broad SMARTS) is 1. The van der Waals surface area contributed by atoms with E-state index in [0.29, 0.717) is 13.2 Å². The predicted molar refractivity (Wildman–Crippen MR) is 61.7 cm³/mol. The summed E-state index contributed by atoms with van der Waals surface area (Å²) in [6.07, 6.45) is 0.929. The first-order valence-electron chi connectivity index (χ1n) is 5.89. The van der Waals surface area contributed by atoms with Crippen LogP contribution >= 0.6 is 0 Å². The molecule has 0 spiro atoms. The summed E-state index contributed by atoms with van der Waals surface area (Å²) < 4.78 is 5.08. The Balaban J connectivity index is 2.50. The van der Waals surface area contributed by atoms with Gasteiger partial charge in [0.2, 0.25) is 5.91 Å². The van der Waals surface area contributed by atoms with Crippen LogP contribution in [0.5, 0.6) is 0 Å². The van der Waals surface area contributed by atoms with Gasteiger partial charge in [0, 0.05) is 12.6 Å². The number of hydrogen-bond acceptors (Lipinski definition) is 4. The van der Waals surface area contributed by atoms with Crippen LogP contribution in [0.2, 0.25) is 0 Å². The van der Waals surface area contributed by atoms with E-state index in [1.54, 1.807) is 0 Å². The highest BCUT2D eigenvalue weighted by Gasteiger charge is 2.32. The van der Waals surface area contributed by atoms with Crippen LogP contribution in [0.25, 0.3) is 0 Å². The zero-order chi connectivity index (χ0) is 12.8. The van der Waals surface area contributed by atoms with Crippen LogP contribution in [0.3, 0.4) is 0 Å². The molecule has 0 aliphatic carbocycles. The van der Waals surface area contributed by atoms with E-state index in [2.05, 4.69) is 5.32 Å². The molecular formula is C11H20N2O4. The van der Waals surface area contributed by atoms with Gasteiger partial charge in [0.25, 0.3) is 0 Å². The molecule has 1 amide bonds. The predicted octanol–water partition coefficient (Wildman–Crippen LogP) is -0.313. The SMILES string of the molecule is CCC(C)NCC(=O)N1CCOCC1C(=O)O. The Labute approximate surface area is 101 Å². The topological polar surface area (TPSA) is 78.9 Å². The molecule has 6 nitrogen and oxygen atoms in total. The van der Waals surface area contributed by atoms with Gasteiger partial charge in [-0.3, -0.25) is 4.79 Å². The van der Waals surface area contributed by atoms with Gasteiger partial charge in [-0.25, -0.2) is 4.79 Å². The molecule has 1 aliphatic heterocycles. The quantitative estimate of drug-likeness (QED) is 0.693. The molecule has 0 aromatic carbocycles. The van der Waals surface area contributed by atoms with E-state index >= 15 is 0 Å². The summed E-state index contributed by atoms with van der Waals surface area (Å²) in [4.78, 5) is 24.2. The molecule has 1 aliphatic rings. The van der Waals surface area contributed by atoms with Crippen molar-refractivity contribution in [2.75, 3.05) is 26.3 Å². The van der Waals surface area contributed by atoms with Gasteiger partial charge in [0.15, 0.2) is 6.04 Å². The molecule has 6 heteroatoms. The zero-order valence-electron chi connectivity index (χ0n) is 10.3. The fourth-order valence-electron chi connectivity index (χ4n) is 1.61. The molecule has 2 unspecified atom stereocenters. The molecular weight excluding hydrogens is 224 g/mol. The second-order valence-corrected chi connectivity index (χ2v) is 4.21. The Morgan fingerprint density at radius 1 is 1.59 bits per heavy atom. The van der Waals surface area contributed by atoms with Crippen LogP contribution in [-0.2, 0) is 14.3 Å². The van der Waals surface area contributed by atoms with Gasteiger partial charge in [-0.15, -0.1) is 0 Å². The second kappa shape index (κ2) is 6.56. The maximum atomic E-state index is 11.9. The molecule has 1 fully saturated rings. The van der Waals surface area contributed by atoms with Crippen molar-refractivity contribution in [1.29, 1.82) is 0 Å². The molecule has 98 valence electrons.